The quantitative estimate of drug-likeness (QED) is 0.140. The summed E-state index contributed by atoms with van der Waals surface area (Å²) in [7, 11) is 0. The van der Waals surface area contributed by atoms with Crippen molar-refractivity contribution < 1.29 is 5.48 Å². The first-order valence-corrected chi connectivity index (χ1v) is 21.3. The summed E-state index contributed by atoms with van der Waals surface area (Å²) >= 11 is 0. The molecule has 0 radical (unpaired) electrons. The molecule has 0 aliphatic carbocycles. The highest BCUT2D eigenvalue weighted by molar-refractivity contribution is 6.04. The predicted octanol–water partition coefficient (Wildman–Crippen LogP) is 17.5. The monoisotopic (exact) mass is 805 g/mol. The second-order valence-electron chi connectivity index (χ2n) is 15.8. The van der Waals surface area contributed by atoms with E-state index in [0.29, 0.717) is 16.9 Å². The zero-order valence-electron chi connectivity index (χ0n) is 38.5. The zero-order valence-corrected chi connectivity index (χ0v) is 34.5. The summed E-state index contributed by atoms with van der Waals surface area (Å²) in [6, 6.07) is 80.1. The Labute approximate surface area is 375 Å². The molecule has 11 rings (SSSR count). The molecule has 296 valence electrons. The van der Waals surface area contributed by atoms with Gasteiger partial charge < -0.3 is 4.90 Å². The van der Waals surface area contributed by atoms with Gasteiger partial charge in [0.25, 0.3) is 0 Å². The van der Waals surface area contributed by atoms with Crippen LogP contribution < -0.4 is 4.90 Å². The van der Waals surface area contributed by atoms with E-state index >= 15 is 0 Å². The number of rotatable bonds is 9. The standard InChI is InChI=1S/C62H43N/c1-4-15-47(16-5-1)58-40-33-54(43-61(58)49-19-8-3-9-20-49)46-28-36-56(37-29-46)63(55-34-26-45(27-35-55)53-25-24-44-14-10-11-22-52(44)42-53)57-38-30-51(31-39-57)62-59-23-13-12-21-50(59)32-41-60(62)48-17-6-2-7-18-48/h1-43H/i28D,29D,36D,37D. The molecule has 0 amide bonds. The number of hydrogen-bond donors (Lipinski definition) is 0. The van der Waals surface area contributed by atoms with Crippen molar-refractivity contribution in [2.24, 2.45) is 0 Å². The van der Waals surface area contributed by atoms with Gasteiger partial charge in [0.05, 0.1) is 5.48 Å². The van der Waals surface area contributed by atoms with E-state index in [-0.39, 0.29) is 35.4 Å². The summed E-state index contributed by atoms with van der Waals surface area (Å²) in [5.41, 5.74) is 12.9. The van der Waals surface area contributed by atoms with Crippen LogP contribution in [0.1, 0.15) is 5.48 Å². The van der Waals surface area contributed by atoms with Crippen LogP contribution in [-0.4, -0.2) is 0 Å². The molecule has 63 heavy (non-hydrogen) atoms. The Morgan fingerprint density at radius 1 is 0.254 bits per heavy atom. The van der Waals surface area contributed by atoms with Crippen LogP contribution in [0, 0.1) is 0 Å². The summed E-state index contributed by atoms with van der Waals surface area (Å²) in [6.07, 6.45) is 0. The van der Waals surface area contributed by atoms with Crippen molar-refractivity contribution in [3.63, 3.8) is 0 Å². The first-order valence-electron chi connectivity index (χ1n) is 23.3. The summed E-state index contributed by atoms with van der Waals surface area (Å²) in [4.78, 5) is 1.87. The minimum Gasteiger partial charge on any atom is -0.311 e. The minimum atomic E-state index is -0.132. The van der Waals surface area contributed by atoms with E-state index in [2.05, 4.69) is 140 Å². The van der Waals surface area contributed by atoms with E-state index in [0.717, 1.165) is 71.8 Å². The van der Waals surface area contributed by atoms with Gasteiger partial charge in [-0.15, -0.1) is 0 Å². The second-order valence-corrected chi connectivity index (χ2v) is 15.8. The summed E-state index contributed by atoms with van der Waals surface area (Å²) < 4.78 is 38.8. The van der Waals surface area contributed by atoms with E-state index in [9.17, 15) is 5.48 Å². The lowest BCUT2D eigenvalue weighted by Crippen LogP contribution is -2.09. The second kappa shape index (κ2) is 16.7. The normalized spacial score (nSPS) is 12.1. The maximum atomic E-state index is 9.76. The van der Waals surface area contributed by atoms with Gasteiger partial charge in [-0.2, -0.15) is 0 Å². The van der Waals surface area contributed by atoms with E-state index in [1.807, 2.05) is 102 Å². The van der Waals surface area contributed by atoms with Gasteiger partial charge in [-0.05, 0) is 137 Å². The molecular weight excluding hydrogens is 759 g/mol. The molecule has 0 aliphatic heterocycles. The molecule has 0 fully saturated rings. The van der Waals surface area contributed by atoms with E-state index < -0.39 is 0 Å². The lowest BCUT2D eigenvalue weighted by Gasteiger charge is -2.26. The smallest absolute Gasteiger partial charge is 0.0645 e. The lowest BCUT2D eigenvalue weighted by atomic mass is 9.89. The molecule has 0 bridgehead atoms. The number of fused-ring (bicyclic) bond motifs is 2. The first-order chi connectivity index (χ1) is 32.9. The van der Waals surface area contributed by atoms with Gasteiger partial charge in [0.1, 0.15) is 0 Å². The van der Waals surface area contributed by atoms with Crippen molar-refractivity contribution in [1.29, 1.82) is 0 Å². The summed E-state index contributed by atoms with van der Waals surface area (Å²) in [6.45, 7) is 0. The molecule has 11 aromatic rings. The molecule has 0 aliphatic rings. The number of nitrogens with zero attached hydrogens (tertiary/aromatic N) is 1. The van der Waals surface area contributed by atoms with Crippen LogP contribution in [0.4, 0.5) is 17.1 Å². The maximum Gasteiger partial charge on any atom is 0.0645 e. The van der Waals surface area contributed by atoms with Gasteiger partial charge in [0.2, 0.25) is 0 Å². The molecule has 1 heteroatoms. The fourth-order valence-corrected chi connectivity index (χ4v) is 8.78. The van der Waals surface area contributed by atoms with Crippen LogP contribution >= 0.6 is 0 Å². The van der Waals surface area contributed by atoms with Crippen molar-refractivity contribution in [3.8, 4) is 66.8 Å². The lowest BCUT2D eigenvalue weighted by molar-refractivity contribution is 1.28. The topological polar surface area (TPSA) is 3.24 Å². The average molecular weight is 806 g/mol. The third-order valence-corrected chi connectivity index (χ3v) is 11.9. The maximum absolute atomic E-state index is 9.76. The Morgan fingerprint density at radius 3 is 1.37 bits per heavy atom. The number of hydrogen-bond acceptors (Lipinski definition) is 1. The summed E-state index contributed by atoms with van der Waals surface area (Å²) in [5.74, 6) is 0. The molecule has 0 saturated heterocycles. The Hall–Kier alpha value is -8.26. The SMILES string of the molecule is [2H]c1c([2H])c(N(c2ccc(-c3ccc4ccccc4c3)cc2)c2ccc(-c3c(-c4ccccc4)ccc4ccccc34)cc2)c([2H])c([2H])c1-c1ccc(-c2ccccc2)c(-c2ccccc2)c1. The van der Waals surface area contributed by atoms with Gasteiger partial charge in [-0.1, -0.05) is 212 Å². The molecule has 0 heterocycles. The molecule has 0 N–H and O–H groups in total. The Balaban J connectivity index is 1.07. The van der Waals surface area contributed by atoms with Crippen LogP contribution in [0.15, 0.2) is 261 Å². The van der Waals surface area contributed by atoms with Gasteiger partial charge in [0.15, 0.2) is 0 Å². The van der Waals surface area contributed by atoms with Crippen LogP contribution in [0.3, 0.4) is 0 Å². The van der Waals surface area contributed by atoms with Crippen LogP contribution in [0.5, 0.6) is 0 Å². The zero-order chi connectivity index (χ0) is 45.4. The molecule has 0 saturated carbocycles. The largest absolute Gasteiger partial charge is 0.311 e. The average Bonchev–Trinajstić information content (AvgIpc) is 3.40. The molecule has 0 aromatic heterocycles. The van der Waals surface area contributed by atoms with Crippen molar-refractivity contribution in [3.05, 3.63) is 261 Å². The van der Waals surface area contributed by atoms with Gasteiger partial charge in [-0.3, -0.25) is 0 Å². The van der Waals surface area contributed by atoms with E-state index in [1.54, 1.807) is 0 Å². The van der Waals surface area contributed by atoms with Crippen molar-refractivity contribution >= 4 is 38.6 Å². The Kier molecular flexibility index (Phi) is 8.84. The Morgan fingerprint density at radius 2 is 0.714 bits per heavy atom. The van der Waals surface area contributed by atoms with Gasteiger partial charge >= 0.3 is 0 Å². The van der Waals surface area contributed by atoms with Crippen LogP contribution in [0.25, 0.3) is 88.3 Å². The van der Waals surface area contributed by atoms with Crippen molar-refractivity contribution in [2.45, 2.75) is 0 Å². The summed E-state index contributed by atoms with van der Waals surface area (Å²) in [5, 5.41) is 4.61. The highest BCUT2D eigenvalue weighted by Crippen LogP contribution is 2.42. The molecule has 11 aromatic carbocycles. The van der Waals surface area contributed by atoms with Gasteiger partial charge in [-0.25, -0.2) is 0 Å². The fraction of sp³-hybridized carbons (Fsp3) is 0. The van der Waals surface area contributed by atoms with Gasteiger partial charge in [0, 0.05) is 17.1 Å². The highest BCUT2D eigenvalue weighted by atomic mass is 15.1. The molecule has 0 atom stereocenters. The third-order valence-electron chi connectivity index (χ3n) is 11.9. The van der Waals surface area contributed by atoms with Crippen LogP contribution in [0.2, 0.25) is 0 Å². The number of benzene rings is 11. The van der Waals surface area contributed by atoms with Crippen LogP contribution in [-0.2, 0) is 0 Å². The predicted molar refractivity (Wildman–Crippen MR) is 269 cm³/mol. The molecule has 1 nitrogen and oxygen atoms in total. The molecular formula is C62H43N. The van der Waals surface area contributed by atoms with Crippen molar-refractivity contribution in [2.75, 3.05) is 4.90 Å². The van der Waals surface area contributed by atoms with E-state index in [4.69, 9.17) is 0 Å². The van der Waals surface area contributed by atoms with Crippen molar-refractivity contribution in [1.82, 2.24) is 0 Å². The third kappa shape index (κ3) is 7.47. The first kappa shape index (κ1) is 33.5. The number of anilines is 3. The fourth-order valence-electron chi connectivity index (χ4n) is 8.78. The van der Waals surface area contributed by atoms with E-state index in [1.165, 1.54) is 5.39 Å². The molecule has 0 unspecified atom stereocenters. The Bertz CT molecular complexity index is 3560. The molecule has 0 spiro atoms. The minimum absolute atomic E-state index is 0.111. The highest BCUT2D eigenvalue weighted by Gasteiger charge is 2.17.